The third-order valence-electron chi connectivity index (χ3n) is 3.83. The molecule has 106 valence electrons. The summed E-state index contributed by atoms with van der Waals surface area (Å²) in [5, 5.41) is 3.31. The lowest BCUT2D eigenvalue weighted by Crippen LogP contribution is -2.48. The zero-order chi connectivity index (χ0) is 14.0. The molecule has 1 unspecified atom stereocenters. The van der Waals surface area contributed by atoms with Crippen LogP contribution in [0.5, 0.6) is 5.75 Å². The number of fused-ring (bicyclic) bond motifs is 1. The fourth-order valence-electron chi connectivity index (χ4n) is 2.90. The summed E-state index contributed by atoms with van der Waals surface area (Å²) in [4.78, 5) is 12.3. The van der Waals surface area contributed by atoms with Crippen molar-refractivity contribution in [3.8, 4) is 5.75 Å². The van der Waals surface area contributed by atoms with Gasteiger partial charge in [-0.15, -0.1) is 0 Å². The molecule has 20 heavy (non-hydrogen) atoms. The molecule has 1 N–H and O–H groups in total. The number of hydrogen-bond donors (Lipinski definition) is 1. The van der Waals surface area contributed by atoms with Gasteiger partial charge in [-0.3, -0.25) is 4.79 Å². The summed E-state index contributed by atoms with van der Waals surface area (Å²) >= 11 is 0. The summed E-state index contributed by atoms with van der Waals surface area (Å²) in [6.45, 7) is 3.39. The van der Waals surface area contributed by atoms with E-state index < -0.39 is 5.60 Å². The van der Waals surface area contributed by atoms with E-state index in [4.69, 9.17) is 9.47 Å². The Morgan fingerprint density at radius 1 is 1.40 bits per heavy atom. The van der Waals surface area contributed by atoms with Crippen LogP contribution in [0.2, 0.25) is 0 Å². The molecule has 2 aliphatic heterocycles. The van der Waals surface area contributed by atoms with Crippen LogP contribution in [-0.2, 0) is 4.74 Å². The monoisotopic (exact) mass is 273 g/mol. The maximum absolute atomic E-state index is 12.3. The van der Waals surface area contributed by atoms with Gasteiger partial charge in [-0.2, -0.15) is 0 Å². The molecule has 1 atom stereocenters. The summed E-state index contributed by atoms with van der Waals surface area (Å²) in [7, 11) is 0. The number of nitrogens with one attached hydrogen (secondary N) is 1. The average Bonchev–Trinajstić information content (AvgIpc) is 2.45. The van der Waals surface area contributed by atoms with Crippen LogP contribution in [0.25, 0.3) is 0 Å². The molecular formula is C16H19NO3. The minimum absolute atomic E-state index is 0.171. The van der Waals surface area contributed by atoms with E-state index in [9.17, 15) is 4.79 Å². The number of carbonyl (C=O) groups excluding carboxylic acids is 1. The topological polar surface area (TPSA) is 47.6 Å². The molecule has 0 radical (unpaired) electrons. The molecule has 0 amide bonds. The SMILES string of the molecule is CCOC=C1CC2(CCN1)CC(=O)c1ccccc1O2. The maximum Gasteiger partial charge on any atom is 0.170 e. The van der Waals surface area contributed by atoms with Gasteiger partial charge in [0.1, 0.15) is 17.6 Å². The van der Waals surface area contributed by atoms with E-state index in [1.54, 1.807) is 6.26 Å². The van der Waals surface area contributed by atoms with E-state index in [0.29, 0.717) is 30.8 Å². The molecule has 2 heterocycles. The quantitative estimate of drug-likeness (QED) is 0.842. The molecule has 4 nitrogen and oxygen atoms in total. The predicted octanol–water partition coefficient (Wildman–Crippen LogP) is 2.65. The zero-order valence-corrected chi connectivity index (χ0v) is 11.6. The van der Waals surface area contributed by atoms with Crippen molar-refractivity contribution in [2.45, 2.75) is 31.8 Å². The van der Waals surface area contributed by atoms with Gasteiger partial charge in [-0.1, -0.05) is 12.1 Å². The number of hydrogen-bond acceptors (Lipinski definition) is 4. The van der Waals surface area contributed by atoms with Crippen LogP contribution in [0.15, 0.2) is 36.2 Å². The van der Waals surface area contributed by atoms with Crippen molar-refractivity contribution in [2.24, 2.45) is 0 Å². The van der Waals surface area contributed by atoms with Crippen molar-refractivity contribution in [3.63, 3.8) is 0 Å². The fraction of sp³-hybridized carbons (Fsp3) is 0.438. The molecule has 0 saturated carbocycles. The average molecular weight is 273 g/mol. The van der Waals surface area contributed by atoms with Crippen LogP contribution in [0.1, 0.15) is 36.5 Å². The van der Waals surface area contributed by atoms with E-state index in [0.717, 1.165) is 18.7 Å². The molecule has 1 aromatic carbocycles. The second-order valence-electron chi connectivity index (χ2n) is 5.33. The predicted molar refractivity (Wildman–Crippen MR) is 75.7 cm³/mol. The lowest BCUT2D eigenvalue weighted by atomic mass is 9.82. The van der Waals surface area contributed by atoms with Gasteiger partial charge >= 0.3 is 0 Å². The molecule has 2 aliphatic rings. The zero-order valence-electron chi connectivity index (χ0n) is 11.6. The van der Waals surface area contributed by atoms with Crippen LogP contribution in [0.3, 0.4) is 0 Å². The Hall–Kier alpha value is -1.97. The number of Topliss-reactive ketones (excluding diaryl/α,β-unsaturated/α-hetero) is 1. The molecule has 0 aliphatic carbocycles. The Balaban J connectivity index is 1.85. The van der Waals surface area contributed by atoms with Crippen molar-refractivity contribution in [3.05, 3.63) is 41.8 Å². The molecule has 0 bridgehead atoms. The largest absolute Gasteiger partial charge is 0.500 e. The van der Waals surface area contributed by atoms with E-state index in [1.165, 1.54) is 0 Å². The van der Waals surface area contributed by atoms with Crippen molar-refractivity contribution < 1.29 is 14.3 Å². The Bertz CT molecular complexity index is 552. The lowest BCUT2D eigenvalue weighted by molar-refractivity contribution is 0.0257. The van der Waals surface area contributed by atoms with Gasteiger partial charge in [-0.25, -0.2) is 0 Å². The Morgan fingerprint density at radius 2 is 2.25 bits per heavy atom. The van der Waals surface area contributed by atoms with Crippen molar-refractivity contribution in [1.82, 2.24) is 5.32 Å². The number of benzene rings is 1. The number of carbonyl (C=O) groups is 1. The normalized spacial score (nSPS) is 26.9. The van der Waals surface area contributed by atoms with Crippen LogP contribution in [-0.4, -0.2) is 24.5 Å². The third-order valence-corrected chi connectivity index (χ3v) is 3.83. The summed E-state index contributed by atoms with van der Waals surface area (Å²) in [5.41, 5.74) is 1.29. The van der Waals surface area contributed by atoms with E-state index in [2.05, 4.69) is 5.32 Å². The number of rotatable bonds is 2. The first kappa shape index (κ1) is 13.0. The van der Waals surface area contributed by atoms with E-state index in [1.807, 2.05) is 31.2 Å². The van der Waals surface area contributed by atoms with Gasteiger partial charge in [0.15, 0.2) is 5.78 Å². The Morgan fingerprint density at radius 3 is 3.10 bits per heavy atom. The van der Waals surface area contributed by atoms with E-state index >= 15 is 0 Å². The first-order chi connectivity index (χ1) is 9.72. The number of para-hydroxylation sites is 1. The Kier molecular flexibility index (Phi) is 3.38. The summed E-state index contributed by atoms with van der Waals surface area (Å²) in [5.74, 6) is 0.880. The summed E-state index contributed by atoms with van der Waals surface area (Å²) in [6.07, 6.45) is 3.70. The van der Waals surface area contributed by atoms with Crippen LogP contribution < -0.4 is 10.1 Å². The van der Waals surface area contributed by atoms with Gasteiger partial charge in [0.05, 0.1) is 18.6 Å². The Labute approximate surface area is 118 Å². The highest BCUT2D eigenvalue weighted by Crippen LogP contribution is 2.39. The van der Waals surface area contributed by atoms with E-state index in [-0.39, 0.29) is 5.78 Å². The highest BCUT2D eigenvalue weighted by atomic mass is 16.5. The molecule has 1 fully saturated rings. The highest BCUT2D eigenvalue weighted by Gasteiger charge is 2.42. The number of ketones is 1. The van der Waals surface area contributed by atoms with Crippen molar-refractivity contribution >= 4 is 5.78 Å². The molecular weight excluding hydrogens is 254 g/mol. The molecule has 1 spiro atoms. The van der Waals surface area contributed by atoms with Crippen LogP contribution in [0.4, 0.5) is 0 Å². The highest BCUT2D eigenvalue weighted by molar-refractivity contribution is 6.00. The first-order valence-electron chi connectivity index (χ1n) is 7.08. The first-order valence-corrected chi connectivity index (χ1v) is 7.08. The van der Waals surface area contributed by atoms with Crippen molar-refractivity contribution in [1.29, 1.82) is 0 Å². The summed E-state index contributed by atoms with van der Waals surface area (Å²) in [6, 6.07) is 7.49. The van der Waals surface area contributed by atoms with Crippen LogP contribution in [0, 0.1) is 0 Å². The smallest absolute Gasteiger partial charge is 0.170 e. The van der Waals surface area contributed by atoms with Gasteiger partial charge < -0.3 is 14.8 Å². The summed E-state index contributed by atoms with van der Waals surface area (Å²) < 4.78 is 11.5. The fourth-order valence-corrected chi connectivity index (χ4v) is 2.90. The molecule has 4 heteroatoms. The van der Waals surface area contributed by atoms with Gasteiger partial charge in [0, 0.05) is 25.1 Å². The minimum Gasteiger partial charge on any atom is -0.500 e. The van der Waals surface area contributed by atoms with Gasteiger partial charge in [0.25, 0.3) is 0 Å². The molecule has 1 saturated heterocycles. The molecule has 1 aromatic rings. The minimum atomic E-state index is -0.417. The number of piperidine rings is 1. The van der Waals surface area contributed by atoms with Gasteiger partial charge in [-0.05, 0) is 19.1 Å². The molecule has 0 aromatic heterocycles. The third kappa shape index (κ3) is 2.38. The second-order valence-corrected chi connectivity index (χ2v) is 5.33. The van der Waals surface area contributed by atoms with Crippen LogP contribution >= 0.6 is 0 Å². The van der Waals surface area contributed by atoms with Gasteiger partial charge in [0.2, 0.25) is 0 Å². The second kappa shape index (κ2) is 5.19. The van der Waals surface area contributed by atoms with Crippen molar-refractivity contribution in [2.75, 3.05) is 13.2 Å². The lowest BCUT2D eigenvalue weighted by Gasteiger charge is -2.41. The standard InChI is InChI=1S/C16H19NO3/c1-2-19-11-12-9-16(7-8-17-12)10-14(18)13-5-3-4-6-15(13)20-16/h3-6,11,17H,2,7-10H2,1H3. The molecule has 3 rings (SSSR count). The number of ether oxygens (including phenoxy) is 2. The maximum atomic E-state index is 12.3.